The van der Waals surface area contributed by atoms with Gasteiger partial charge in [0.1, 0.15) is 0 Å². The Morgan fingerprint density at radius 2 is 1.72 bits per heavy atom. The van der Waals surface area contributed by atoms with Crippen molar-refractivity contribution in [1.82, 2.24) is 14.7 Å². The monoisotopic (exact) mass is 516 g/mol. The van der Waals surface area contributed by atoms with Crippen LogP contribution in [0.3, 0.4) is 0 Å². The average Bonchev–Trinajstić information content (AvgIpc) is 3.37. The second-order valence-corrected chi connectivity index (χ2v) is 11.5. The number of likely N-dealkylation sites (tertiary alicyclic amines) is 1. The minimum Gasteiger partial charge on any atom is -0.343 e. The molecule has 3 aliphatic rings. The zero-order chi connectivity index (χ0) is 25.8. The summed E-state index contributed by atoms with van der Waals surface area (Å²) in [6, 6.07) is 4.02. The predicted molar refractivity (Wildman–Crippen MR) is 143 cm³/mol. The molecule has 2 heterocycles. The molecule has 198 valence electrons. The first-order valence-electron chi connectivity index (χ1n) is 13.6. The third kappa shape index (κ3) is 6.60. The molecule has 0 bridgehead atoms. The lowest BCUT2D eigenvalue weighted by molar-refractivity contribution is -0.140. The summed E-state index contributed by atoms with van der Waals surface area (Å²) in [5, 5.41) is 3.71. The van der Waals surface area contributed by atoms with Crippen molar-refractivity contribution in [2.45, 2.75) is 78.3 Å². The molecule has 1 N–H and O–H groups in total. The van der Waals surface area contributed by atoms with Gasteiger partial charge in [0.25, 0.3) is 0 Å². The molecular formula is C28H41ClN4O3. The number of rotatable bonds is 6. The molecule has 1 atom stereocenters. The van der Waals surface area contributed by atoms with Crippen LogP contribution >= 0.6 is 11.6 Å². The van der Waals surface area contributed by atoms with Gasteiger partial charge in [-0.2, -0.15) is 0 Å². The summed E-state index contributed by atoms with van der Waals surface area (Å²) in [4.78, 5) is 43.6. The number of piperazine rings is 1. The molecule has 1 aromatic rings. The van der Waals surface area contributed by atoms with E-state index in [4.69, 9.17) is 11.6 Å². The number of halogens is 1. The van der Waals surface area contributed by atoms with Crippen LogP contribution in [0, 0.1) is 18.8 Å². The van der Waals surface area contributed by atoms with Crippen LogP contribution in [0.5, 0.6) is 0 Å². The summed E-state index contributed by atoms with van der Waals surface area (Å²) in [6.45, 7) is 10.4. The number of carbonyl (C=O) groups excluding carboxylic acids is 3. The topological polar surface area (TPSA) is 73.0 Å². The van der Waals surface area contributed by atoms with Gasteiger partial charge in [-0.05, 0) is 68.7 Å². The number of nitrogens with one attached hydrogen (secondary N) is 1. The van der Waals surface area contributed by atoms with Crippen molar-refractivity contribution < 1.29 is 14.4 Å². The zero-order valence-electron chi connectivity index (χ0n) is 22.0. The molecule has 2 aliphatic heterocycles. The first-order valence-corrected chi connectivity index (χ1v) is 14.0. The minimum atomic E-state index is 0.000235. The van der Waals surface area contributed by atoms with Crippen molar-refractivity contribution in [1.29, 1.82) is 0 Å². The Kier molecular flexibility index (Phi) is 8.94. The van der Waals surface area contributed by atoms with Gasteiger partial charge in [-0.1, -0.05) is 24.4 Å². The molecule has 1 aromatic carbocycles. The third-order valence-corrected chi connectivity index (χ3v) is 8.60. The molecule has 4 rings (SSSR count). The van der Waals surface area contributed by atoms with E-state index in [-0.39, 0.29) is 23.8 Å². The molecule has 3 amide bonds. The summed E-state index contributed by atoms with van der Waals surface area (Å²) in [6.07, 6.45) is 6.62. The molecule has 1 unspecified atom stereocenters. The first kappa shape index (κ1) is 26.9. The van der Waals surface area contributed by atoms with Crippen molar-refractivity contribution in [3.63, 3.8) is 0 Å². The van der Waals surface area contributed by atoms with Crippen LogP contribution in [-0.2, 0) is 20.9 Å². The molecule has 0 radical (unpaired) electrons. The highest BCUT2D eigenvalue weighted by molar-refractivity contribution is 6.31. The normalized spacial score (nSPS) is 22.2. The molecule has 1 saturated carbocycles. The maximum Gasteiger partial charge on any atom is 0.226 e. The van der Waals surface area contributed by atoms with Crippen LogP contribution < -0.4 is 5.32 Å². The third-order valence-electron chi connectivity index (χ3n) is 8.38. The molecule has 36 heavy (non-hydrogen) atoms. The van der Waals surface area contributed by atoms with Crippen molar-refractivity contribution in [2.24, 2.45) is 11.8 Å². The van der Waals surface area contributed by atoms with Gasteiger partial charge >= 0.3 is 0 Å². The van der Waals surface area contributed by atoms with Gasteiger partial charge in [0.15, 0.2) is 0 Å². The molecule has 7 nitrogen and oxygen atoms in total. The highest BCUT2D eigenvalue weighted by Gasteiger charge is 2.33. The summed E-state index contributed by atoms with van der Waals surface area (Å²) in [5.41, 5.74) is 2.92. The van der Waals surface area contributed by atoms with Gasteiger partial charge < -0.3 is 15.1 Å². The number of hydrogen-bond acceptors (Lipinski definition) is 4. The van der Waals surface area contributed by atoms with E-state index >= 15 is 0 Å². The number of hydrogen-bond donors (Lipinski definition) is 1. The van der Waals surface area contributed by atoms with Gasteiger partial charge in [-0.3, -0.25) is 19.3 Å². The largest absolute Gasteiger partial charge is 0.343 e. The maximum atomic E-state index is 12.9. The Bertz CT molecular complexity index is 970. The maximum absolute atomic E-state index is 12.9. The van der Waals surface area contributed by atoms with Gasteiger partial charge in [-0.15, -0.1) is 0 Å². The number of benzene rings is 1. The van der Waals surface area contributed by atoms with Gasteiger partial charge in [0.05, 0.1) is 0 Å². The van der Waals surface area contributed by atoms with Crippen LogP contribution in [0.4, 0.5) is 5.69 Å². The van der Waals surface area contributed by atoms with Crippen molar-refractivity contribution in [2.75, 3.05) is 38.0 Å². The van der Waals surface area contributed by atoms with Crippen molar-refractivity contribution >= 4 is 35.0 Å². The van der Waals surface area contributed by atoms with Crippen LogP contribution in [0.1, 0.15) is 69.9 Å². The lowest BCUT2D eigenvalue weighted by atomic mass is 9.93. The van der Waals surface area contributed by atoms with E-state index in [1.165, 1.54) is 12.8 Å². The molecule has 3 fully saturated rings. The van der Waals surface area contributed by atoms with Crippen LogP contribution in [-0.4, -0.2) is 71.2 Å². The van der Waals surface area contributed by atoms with Crippen LogP contribution in [0.2, 0.25) is 5.02 Å². The number of nitrogens with zero attached hydrogens (tertiary/aromatic N) is 3. The van der Waals surface area contributed by atoms with E-state index in [1.807, 2.05) is 24.0 Å². The van der Waals surface area contributed by atoms with E-state index in [0.29, 0.717) is 23.3 Å². The second kappa shape index (κ2) is 12.0. The van der Waals surface area contributed by atoms with E-state index in [2.05, 4.69) is 22.0 Å². The van der Waals surface area contributed by atoms with Gasteiger partial charge in [-0.25, -0.2) is 0 Å². The van der Waals surface area contributed by atoms with Crippen molar-refractivity contribution in [3.8, 4) is 0 Å². The molecular weight excluding hydrogens is 476 g/mol. The fraction of sp³-hybridized carbons (Fsp3) is 0.679. The Hall–Kier alpha value is -2.12. The van der Waals surface area contributed by atoms with E-state index in [1.54, 1.807) is 6.92 Å². The average molecular weight is 517 g/mol. The highest BCUT2D eigenvalue weighted by Crippen LogP contribution is 2.30. The van der Waals surface area contributed by atoms with Gasteiger partial charge in [0, 0.05) is 75.3 Å². The predicted octanol–water partition coefficient (Wildman–Crippen LogP) is 4.46. The smallest absolute Gasteiger partial charge is 0.226 e. The standard InChI is InChI=1S/C28H41ClN4O3/c1-19-17-31(12-13-33(19)28(36)23-6-4-5-7-23)18-24-15-25(29)16-26(20(24)2)30-27(35)14-22-8-10-32(11-9-22)21(3)34/h15-16,19,22-23H,4-14,17-18H2,1-3H3,(H,30,35). The first-order chi connectivity index (χ1) is 17.2. The van der Waals surface area contributed by atoms with Crippen LogP contribution in [0.15, 0.2) is 12.1 Å². The van der Waals surface area contributed by atoms with Crippen molar-refractivity contribution in [3.05, 3.63) is 28.3 Å². The molecule has 0 spiro atoms. The van der Waals surface area contributed by atoms with E-state index in [0.717, 1.165) is 81.8 Å². The van der Waals surface area contributed by atoms with E-state index < -0.39 is 0 Å². The number of piperidine rings is 1. The second-order valence-electron chi connectivity index (χ2n) is 11.0. The molecule has 2 saturated heterocycles. The lowest BCUT2D eigenvalue weighted by Crippen LogP contribution is -2.54. The number of amides is 3. The van der Waals surface area contributed by atoms with Crippen LogP contribution in [0.25, 0.3) is 0 Å². The minimum absolute atomic E-state index is 0.000235. The SMILES string of the molecule is CC(=O)N1CCC(CC(=O)Nc2cc(Cl)cc(CN3CCN(C(=O)C4CCCC4)C(C)C3)c2C)CC1. The Balaban J connectivity index is 1.32. The lowest BCUT2D eigenvalue weighted by Gasteiger charge is -2.41. The number of anilines is 1. The summed E-state index contributed by atoms with van der Waals surface area (Å²) >= 11 is 6.47. The molecule has 0 aromatic heterocycles. The van der Waals surface area contributed by atoms with E-state index in [9.17, 15) is 14.4 Å². The Labute approximate surface area is 220 Å². The molecule has 1 aliphatic carbocycles. The Morgan fingerprint density at radius 3 is 2.36 bits per heavy atom. The summed E-state index contributed by atoms with van der Waals surface area (Å²) < 4.78 is 0. The fourth-order valence-corrected chi connectivity index (χ4v) is 6.34. The zero-order valence-corrected chi connectivity index (χ0v) is 22.8. The highest BCUT2D eigenvalue weighted by atomic mass is 35.5. The summed E-state index contributed by atoms with van der Waals surface area (Å²) in [7, 11) is 0. The quantitative estimate of drug-likeness (QED) is 0.606. The number of carbonyl (C=O) groups is 3. The fourth-order valence-electron chi connectivity index (χ4n) is 6.10. The van der Waals surface area contributed by atoms with Gasteiger partial charge in [0.2, 0.25) is 17.7 Å². The Morgan fingerprint density at radius 1 is 1.03 bits per heavy atom. The summed E-state index contributed by atoms with van der Waals surface area (Å²) in [5.74, 6) is 0.971. The molecule has 8 heteroatoms.